The van der Waals surface area contributed by atoms with Crippen molar-refractivity contribution in [3.05, 3.63) is 28.7 Å². The van der Waals surface area contributed by atoms with Crippen molar-refractivity contribution >= 4 is 31.6 Å². The summed E-state index contributed by atoms with van der Waals surface area (Å²) in [6.45, 7) is 0.376. The molecule has 0 fully saturated rings. The predicted octanol–water partition coefficient (Wildman–Crippen LogP) is 1.54. The summed E-state index contributed by atoms with van der Waals surface area (Å²) in [6.07, 6.45) is 0.464. The highest BCUT2D eigenvalue weighted by molar-refractivity contribution is 9.10. The second-order valence-electron chi connectivity index (χ2n) is 3.07. The highest BCUT2D eigenvalue weighted by Crippen LogP contribution is 2.15. The quantitative estimate of drug-likeness (QED) is 0.865. The van der Waals surface area contributed by atoms with Crippen LogP contribution in [0.1, 0.15) is 6.42 Å². The van der Waals surface area contributed by atoms with E-state index in [1.165, 1.54) is 0 Å². The summed E-state index contributed by atoms with van der Waals surface area (Å²) in [4.78, 5) is 0. The number of sulfonamides is 1. The maximum absolute atomic E-state index is 11.5. The Hall–Kier alpha value is -0.590. The molecule has 0 heterocycles. The number of anilines is 1. The third kappa shape index (κ3) is 4.63. The monoisotopic (exact) mass is 292 g/mol. The average molecular weight is 293 g/mol. The van der Waals surface area contributed by atoms with Crippen molar-refractivity contribution in [2.75, 3.05) is 17.0 Å². The molecule has 0 aliphatic rings. The number of halogens is 1. The van der Waals surface area contributed by atoms with Gasteiger partial charge in [0.25, 0.3) is 0 Å². The lowest BCUT2D eigenvalue weighted by Gasteiger charge is -2.07. The highest BCUT2D eigenvalue weighted by Gasteiger charge is 2.08. The van der Waals surface area contributed by atoms with E-state index in [4.69, 9.17) is 5.73 Å². The maximum Gasteiger partial charge on any atom is 0.232 e. The topological polar surface area (TPSA) is 72.2 Å². The van der Waals surface area contributed by atoms with E-state index in [9.17, 15) is 8.42 Å². The van der Waals surface area contributed by atoms with Crippen molar-refractivity contribution in [3.63, 3.8) is 0 Å². The molecule has 0 radical (unpaired) electrons. The zero-order valence-corrected chi connectivity index (χ0v) is 10.5. The molecule has 0 saturated heterocycles. The predicted molar refractivity (Wildman–Crippen MR) is 65.2 cm³/mol. The van der Waals surface area contributed by atoms with Crippen LogP contribution >= 0.6 is 15.9 Å². The number of nitrogens with two attached hydrogens (primary N) is 1. The van der Waals surface area contributed by atoms with Gasteiger partial charge < -0.3 is 5.73 Å². The van der Waals surface area contributed by atoms with Crippen LogP contribution in [0, 0.1) is 0 Å². The SMILES string of the molecule is NCCCS(=O)(=O)Nc1ccc(Br)cc1. The Morgan fingerprint density at radius 3 is 2.40 bits per heavy atom. The van der Waals surface area contributed by atoms with Crippen molar-refractivity contribution in [1.29, 1.82) is 0 Å². The molecule has 0 amide bonds. The van der Waals surface area contributed by atoms with E-state index in [1.54, 1.807) is 24.3 Å². The summed E-state index contributed by atoms with van der Waals surface area (Å²) in [7, 11) is -3.25. The molecular weight excluding hydrogens is 280 g/mol. The zero-order valence-electron chi connectivity index (χ0n) is 8.11. The minimum absolute atomic E-state index is 0.0551. The Balaban J connectivity index is 2.65. The van der Waals surface area contributed by atoms with E-state index in [1.807, 2.05) is 0 Å². The number of hydrogen-bond acceptors (Lipinski definition) is 3. The van der Waals surface area contributed by atoms with E-state index in [0.29, 0.717) is 18.7 Å². The lowest BCUT2D eigenvalue weighted by molar-refractivity contribution is 0.599. The first-order chi connectivity index (χ1) is 7.03. The standard InChI is InChI=1S/C9H13BrN2O2S/c10-8-2-4-9(5-3-8)12-15(13,14)7-1-6-11/h2-5,12H,1,6-7,11H2. The number of benzene rings is 1. The third-order valence-corrected chi connectivity index (χ3v) is 3.64. The van der Waals surface area contributed by atoms with Gasteiger partial charge in [-0.25, -0.2) is 8.42 Å². The van der Waals surface area contributed by atoms with E-state index in [2.05, 4.69) is 20.7 Å². The molecule has 6 heteroatoms. The van der Waals surface area contributed by atoms with Gasteiger partial charge in [-0.1, -0.05) is 15.9 Å². The number of nitrogens with one attached hydrogen (secondary N) is 1. The fourth-order valence-corrected chi connectivity index (χ4v) is 2.43. The molecule has 0 spiro atoms. The van der Waals surface area contributed by atoms with Crippen molar-refractivity contribution in [3.8, 4) is 0 Å². The van der Waals surface area contributed by atoms with Crippen LogP contribution < -0.4 is 10.5 Å². The summed E-state index contributed by atoms with van der Waals surface area (Å²) >= 11 is 3.27. The molecule has 1 aromatic carbocycles. The molecule has 0 atom stereocenters. The summed E-state index contributed by atoms with van der Waals surface area (Å²) < 4.78 is 26.3. The summed E-state index contributed by atoms with van der Waals surface area (Å²) in [5.74, 6) is 0.0551. The van der Waals surface area contributed by atoms with E-state index < -0.39 is 10.0 Å². The fourth-order valence-electron chi connectivity index (χ4n) is 1.02. The second-order valence-corrected chi connectivity index (χ2v) is 5.83. The molecule has 0 saturated carbocycles. The first-order valence-electron chi connectivity index (χ1n) is 4.49. The van der Waals surface area contributed by atoms with Gasteiger partial charge in [0.2, 0.25) is 10.0 Å². The van der Waals surface area contributed by atoms with Crippen LogP contribution in [0.2, 0.25) is 0 Å². The maximum atomic E-state index is 11.5. The van der Waals surface area contributed by atoms with Gasteiger partial charge in [-0.2, -0.15) is 0 Å². The molecule has 15 heavy (non-hydrogen) atoms. The lowest BCUT2D eigenvalue weighted by Crippen LogP contribution is -2.18. The third-order valence-electron chi connectivity index (χ3n) is 1.73. The number of rotatable bonds is 5. The zero-order chi connectivity index (χ0) is 11.3. The molecule has 0 aromatic heterocycles. The van der Waals surface area contributed by atoms with E-state index in [0.717, 1.165) is 4.47 Å². The van der Waals surface area contributed by atoms with Gasteiger partial charge in [0, 0.05) is 10.2 Å². The van der Waals surface area contributed by atoms with Crippen LogP contribution in [0.5, 0.6) is 0 Å². The molecule has 0 aliphatic carbocycles. The Labute approximate surface area is 98.0 Å². The van der Waals surface area contributed by atoms with Gasteiger partial charge in [0.1, 0.15) is 0 Å². The first kappa shape index (κ1) is 12.5. The molecular formula is C9H13BrN2O2S. The van der Waals surface area contributed by atoms with Crippen LogP contribution in [-0.4, -0.2) is 20.7 Å². The van der Waals surface area contributed by atoms with Crippen molar-refractivity contribution < 1.29 is 8.42 Å². The smallest absolute Gasteiger partial charge is 0.232 e. The molecule has 0 bridgehead atoms. The van der Waals surface area contributed by atoms with E-state index >= 15 is 0 Å². The lowest BCUT2D eigenvalue weighted by atomic mass is 10.3. The van der Waals surface area contributed by atoms with Gasteiger partial charge in [0.05, 0.1) is 5.75 Å². The van der Waals surface area contributed by atoms with Crippen molar-refractivity contribution in [2.24, 2.45) is 5.73 Å². The van der Waals surface area contributed by atoms with Crippen LogP contribution in [0.3, 0.4) is 0 Å². The first-order valence-corrected chi connectivity index (χ1v) is 6.94. The largest absolute Gasteiger partial charge is 0.330 e. The molecule has 1 rings (SSSR count). The Morgan fingerprint density at radius 1 is 1.27 bits per heavy atom. The Morgan fingerprint density at radius 2 is 1.87 bits per heavy atom. The average Bonchev–Trinajstić information content (AvgIpc) is 2.18. The van der Waals surface area contributed by atoms with E-state index in [-0.39, 0.29) is 5.75 Å². The van der Waals surface area contributed by atoms with Gasteiger partial charge in [-0.15, -0.1) is 0 Å². The second kappa shape index (κ2) is 5.48. The molecule has 0 unspecified atom stereocenters. The van der Waals surface area contributed by atoms with Gasteiger partial charge in [0.15, 0.2) is 0 Å². The van der Waals surface area contributed by atoms with Crippen molar-refractivity contribution in [2.45, 2.75) is 6.42 Å². The normalized spacial score (nSPS) is 11.3. The fraction of sp³-hybridized carbons (Fsp3) is 0.333. The molecule has 1 aromatic rings. The summed E-state index contributed by atoms with van der Waals surface area (Å²) in [6, 6.07) is 6.95. The molecule has 0 aliphatic heterocycles. The van der Waals surface area contributed by atoms with Crippen LogP contribution in [-0.2, 0) is 10.0 Å². The van der Waals surface area contributed by atoms with Gasteiger partial charge in [-0.3, -0.25) is 4.72 Å². The highest BCUT2D eigenvalue weighted by atomic mass is 79.9. The summed E-state index contributed by atoms with van der Waals surface area (Å²) in [5.41, 5.74) is 5.82. The van der Waals surface area contributed by atoms with Gasteiger partial charge >= 0.3 is 0 Å². The Bertz CT molecular complexity index is 403. The van der Waals surface area contributed by atoms with Crippen LogP contribution in [0.25, 0.3) is 0 Å². The Kier molecular flexibility index (Phi) is 4.56. The molecule has 3 N–H and O–H groups in total. The number of hydrogen-bond donors (Lipinski definition) is 2. The molecule has 4 nitrogen and oxygen atoms in total. The minimum atomic E-state index is -3.25. The van der Waals surface area contributed by atoms with Crippen molar-refractivity contribution in [1.82, 2.24) is 0 Å². The van der Waals surface area contributed by atoms with Gasteiger partial charge in [-0.05, 0) is 37.2 Å². The summed E-state index contributed by atoms with van der Waals surface area (Å²) in [5, 5.41) is 0. The minimum Gasteiger partial charge on any atom is -0.330 e. The van der Waals surface area contributed by atoms with Crippen LogP contribution in [0.15, 0.2) is 28.7 Å². The van der Waals surface area contributed by atoms with Crippen LogP contribution in [0.4, 0.5) is 5.69 Å². The molecule has 84 valence electrons.